The molecule has 1 aliphatic heterocycles. The zero-order valence-corrected chi connectivity index (χ0v) is 21.6. The van der Waals surface area contributed by atoms with Crippen molar-refractivity contribution in [3.05, 3.63) is 76.6 Å². The van der Waals surface area contributed by atoms with Crippen LogP contribution in [0.25, 0.3) is 0 Å². The molecule has 0 aliphatic carbocycles. The maximum Gasteiger partial charge on any atom is 0.302 e. The number of carbonyl (C=O) groups is 2. The van der Waals surface area contributed by atoms with Gasteiger partial charge in [0.15, 0.2) is 22.3 Å². The predicted molar refractivity (Wildman–Crippen MR) is 140 cm³/mol. The molecule has 1 unspecified atom stereocenters. The number of hydrogen-bond acceptors (Lipinski definition) is 8. The molecule has 2 aromatic carbocycles. The molecule has 12 heteroatoms. The predicted octanol–water partition coefficient (Wildman–Crippen LogP) is 5.55. The van der Waals surface area contributed by atoms with Crippen LogP contribution in [0.2, 0.25) is 5.15 Å². The van der Waals surface area contributed by atoms with Gasteiger partial charge in [0.1, 0.15) is 0 Å². The molecular formula is C25H23ClFN5O4S. The molecule has 2 amide bonds. The number of thioether (sulfide) groups is 1. The normalized spacial score (nSPS) is 15.2. The number of ether oxygens (including phenoxy) is 2. The van der Waals surface area contributed by atoms with Gasteiger partial charge in [0.2, 0.25) is 6.86 Å². The first-order valence-corrected chi connectivity index (χ1v) is 12.5. The van der Waals surface area contributed by atoms with Gasteiger partial charge in [-0.15, -0.1) is 10.2 Å². The van der Waals surface area contributed by atoms with Crippen LogP contribution in [0.1, 0.15) is 35.0 Å². The third kappa shape index (κ3) is 6.36. The van der Waals surface area contributed by atoms with Crippen molar-refractivity contribution in [3.8, 4) is 11.5 Å². The van der Waals surface area contributed by atoms with Gasteiger partial charge >= 0.3 is 5.24 Å². The largest absolute Gasteiger partial charge is 0.493 e. The van der Waals surface area contributed by atoms with Gasteiger partial charge in [-0.1, -0.05) is 42.4 Å². The number of methoxy groups -OCH3 is 1. The summed E-state index contributed by atoms with van der Waals surface area (Å²) in [6, 6.07) is 15.2. The summed E-state index contributed by atoms with van der Waals surface area (Å²) in [6.45, 7) is 1.21. The Balaban J connectivity index is 1.51. The number of nitrogens with zero attached hydrogens (tertiary/aromatic N) is 4. The minimum atomic E-state index is -0.994. The van der Waals surface area contributed by atoms with Crippen molar-refractivity contribution >= 4 is 45.9 Å². The fourth-order valence-corrected chi connectivity index (χ4v) is 4.63. The Morgan fingerprint density at radius 2 is 1.92 bits per heavy atom. The van der Waals surface area contributed by atoms with E-state index in [1.165, 1.54) is 36.0 Å². The van der Waals surface area contributed by atoms with Crippen molar-refractivity contribution in [1.29, 1.82) is 0 Å². The fraction of sp³-hybridized carbons (Fsp3) is 0.240. The number of alkyl halides is 1. The van der Waals surface area contributed by atoms with Gasteiger partial charge in [-0.2, -0.15) is 5.10 Å². The lowest BCUT2D eigenvalue weighted by Crippen LogP contribution is -2.34. The lowest BCUT2D eigenvalue weighted by molar-refractivity contribution is 0.102. The molecule has 1 aliphatic rings. The minimum absolute atomic E-state index is 0.135. The van der Waals surface area contributed by atoms with Crippen molar-refractivity contribution in [2.45, 2.75) is 25.1 Å². The Morgan fingerprint density at radius 1 is 1.14 bits per heavy atom. The van der Waals surface area contributed by atoms with E-state index in [2.05, 4.69) is 20.6 Å². The monoisotopic (exact) mass is 543 g/mol. The summed E-state index contributed by atoms with van der Waals surface area (Å²) in [5, 5.41) is 16.1. The van der Waals surface area contributed by atoms with Gasteiger partial charge < -0.3 is 14.8 Å². The van der Waals surface area contributed by atoms with Crippen molar-refractivity contribution in [3.63, 3.8) is 0 Å². The van der Waals surface area contributed by atoms with Crippen LogP contribution in [0.15, 0.2) is 59.7 Å². The molecule has 0 bridgehead atoms. The number of rotatable bonds is 9. The van der Waals surface area contributed by atoms with Crippen LogP contribution >= 0.6 is 23.4 Å². The van der Waals surface area contributed by atoms with Crippen LogP contribution in [-0.4, -0.2) is 51.3 Å². The minimum Gasteiger partial charge on any atom is -0.493 e. The van der Waals surface area contributed by atoms with E-state index in [-0.39, 0.29) is 33.6 Å². The second kappa shape index (κ2) is 12.0. The van der Waals surface area contributed by atoms with Gasteiger partial charge in [0.25, 0.3) is 5.91 Å². The Kier molecular flexibility index (Phi) is 8.57. The molecule has 4 rings (SSSR count). The SMILES string of the molecule is CCC1SC(=O)N(Cc2ccc(NC(=O)c3ccc(Cl)nn3)cc2)N=C1c1ccc(OC)c(OCF)c1. The summed E-state index contributed by atoms with van der Waals surface area (Å²) in [4.78, 5) is 25.2. The van der Waals surface area contributed by atoms with E-state index in [1.54, 1.807) is 36.4 Å². The summed E-state index contributed by atoms with van der Waals surface area (Å²) in [6.07, 6.45) is 0.681. The number of anilines is 1. The zero-order valence-electron chi connectivity index (χ0n) is 20.0. The Hall–Kier alpha value is -3.70. The zero-order chi connectivity index (χ0) is 26.4. The Labute approximate surface area is 222 Å². The molecule has 37 heavy (non-hydrogen) atoms. The quantitative estimate of drug-likeness (QED) is 0.377. The molecule has 2 heterocycles. The molecule has 0 radical (unpaired) electrons. The highest BCUT2D eigenvalue weighted by atomic mass is 35.5. The highest BCUT2D eigenvalue weighted by molar-refractivity contribution is 8.14. The number of hydrogen-bond donors (Lipinski definition) is 1. The number of aromatic nitrogens is 2. The average molecular weight is 544 g/mol. The highest BCUT2D eigenvalue weighted by Gasteiger charge is 2.30. The molecular weight excluding hydrogens is 521 g/mol. The molecule has 3 aromatic rings. The summed E-state index contributed by atoms with van der Waals surface area (Å²) in [7, 11) is 1.48. The molecule has 9 nitrogen and oxygen atoms in total. The van der Waals surface area contributed by atoms with E-state index >= 15 is 0 Å². The van der Waals surface area contributed by atoms with Crippen LogP contribution < -0.4 is 14.8 Å². The Morgan fingerprint density at radius 3 is 2.57 bits per heavy atom. The van der Waals surface area contributed by atoms with E-state index < -0.39 is 12.8 Å². The van der Waals surface area contributed by atoms with Crippen LogP contribution in [0.4, 0.5) is 14.9 Å². The maximum atomic E-state index is 12.9. The van der Waals surface area contributed by atoms with E-state index in [0.717, 1.165) is 5.56 Å². The van der Waals surface area contributed by atoms with Crippen molar-refractivity contribution < 1.29 is 23.5 Å². The topological polar surface area (TPSA) is 106 Å². The molecule has 1 atom stereocenters. The molecule has 0 saturated heterocycles. The maximum absolute atomic E-state index is 12.9. The standard InChI is InChI=1S/C25H23ClFN5O4S/c1-3-21-23(16-6-10-19(35-2)20(12-16)36-14-27)31-32(25(34)37-21)13-15-4-7-17(8-5-15)28-24(33)18-9-11-22(26)30-29-18/h4-12,21H,3,13-14H2,1-2H3,(H,28,33). The van der Waals surface area contributed by atoms with Crippen LogP contribution in [0.5, 0.6) is 11.5 Å². The van der Waals surface area contributed by atoms with E-state index in [4.69, 9.17) is 21.1 Å². The number of hydrazone groups is 1. The molecule has 192 valence electrons. The molecule has 1 aromatic heterocycles. The number of carbonyl (C=O) groups excluding carboxylic acids is 2. The number of nitrogens with one attached hydrogen (secondary N) is 1. The number of amides is 2. The molecule has 0 saturated carbocycles. The summed E-state index contributed by atoms with van der Waals surface area (Å²) >= 11 is 6.89. The first-order valence-electron chi connectivity index (χ1n) is 11.2. The molecule has 1 N–H and O–H groups in total. The fourth-order valence-electron chi connectivity index (χ4n) is 3.60. The summed E-state index contributed by atoms with van der Waals surface area (Å²) in [5.41, 5.74) is 2.90. The Bertz CT molecular complexity index is 1310. The van der Waals surface area contributed by atoms with E-state index in [1.807, 2.05) is 13.0 Å². The number of benzene rings is 2. The van der Waals surface area contributed by atoms with Gasteiger partial charge in [-0.05, 0) is 54.4 Å². The third-order valence-electron chi connectivity index (χ3n) is 5.44. The first-order chi connectivity index (χ1) is 17.9. The first kappa shape index (κ1) is 26.4. The second-order valence-electron chi connectivity index (χ2n) is 7.83. The van der Waals surface area contributed by atoms with Crippen LogP contribution in [0.3, 0.4) is 0 Å². The summed E-state index contributed by atoms with van der Waals surface area (Å²) in [5.74, 6) is 0.243. The van der Waals surface area contributed by atoms with E-state index in [0.29, 0.717) is 29.1 Å². The number of halogens is 2. The molecule has 0 fully saturated rings. The lowest BCUT2D eigenvalue weighted by Gasteiger charge is -2.28. The van der Waals surface area contributed by atoms with Gasteiger partial charge in [0, 0.05) is 11.3 Å². The summed E-state index contributed by atoms with van der Waals surface area (Å²) < 4.78 is 23.2. The van der Waals surface area contributed by atoms with Gasteiger partial charge in [0.05, 0.1) is 24.6 Å². The second-order valence-corrected chi connectivity index (χ2v) is 9.38. The highest BCUT2D eigenvalue weighted by Crippen LogP contribution is 2.34. The van der Waals surface area contributed by atoms with Crippen molar-refractivity contribution in [1.82, 2.24) is 15.2 Å². The van der Waals surface area contributed by atoms with Gasteiger partial charge in [-0.3, -0.25) is 9.59 Å². The van der Waals surface area contributed by atoms with E-state index in [9.17, 15) is 14.0 Å². The van der Waals surface area contributed by atoms with Crippen molar-refractivity contribution in [2.75, 3.05) is 19.3 Å². The smallest absolute Gasteiger partial charge is 0.302 e. The van der Waals surface area contributed by atoms with Crippen LogP contribution in [-0.2, 0) is 6.54 Å². The molecule has 0 spiro atoms. The van der Waals surface area contributed by atoms with Crippen molar-refractivity contribution in [2.24, 2.45) is 5.10 Å². The third-order valence-corrected chi connectivity index (χ3v) is 6.89. The average Bonchev–Trinajstić information content (AvgIpc) is 2.91. The van der Waals surface area contributed by atoms with Crippen LogP contribution in [0, 0.1) is 0 Å². The van der Waals surface area contributed by atoms with Gasteiger partial charge in [-0.25, -0.2) is 9.40 Å². The lowest BCUT2D eigenvalue weighted by atomic mass is 10.0.